The van der Waals surface area contributed by atoms with Gasteiger partial charge in [0, 0.05) is 25.7 Å². The molecule has 0 saturated carbocycles. The van der Waals surface area contributed by atoms with Crippen molar-refractivity contribution in [3.63, 3.8) is 0 Å². The van der Waals surface area contributed by atoms with E-state index in [4.69, 9.17) is 11.5 Å². The Balaban J connectivity index is 1.62. The standard InChI is InChI=1S/C48H71F2N7O10/c1-4-30(2)42(46(64)55-36(44(51)62)28-33-24-25-34(49)35(50)26-33)57-47(65)43(31(3)58)56-40(60)23-19-14-12-10-8-6-5-7-9-11-13-18-22-39(59)53-37(45(52)63)29-41(61)54-38(48(66)67)27-32-20-16-15-17-21-32/h15-17,20-21,24-26,30-31,36-38,42-43,58H,4-14,18-19,22-23,27-29H2,1-3H3,(H2,51,62)(H2,52,63)(H,53,59)(H,54,61)(H,55,64)(H,56,60)(H,57,65)(H,66,67)/t30-,31-,36-,37+,38-,42+,43-/m0/s1. The summed E-state index contributed by atoms with van der Waals surface area (Å²) in [5, 5.41) is 32.4. The van der Waals surface area contributed by atoms with Crippen LogP contribution in [0.3, 0.4) is 0 Å². The Morgan fingerprint density at radius 2 is 1.03 bits per heavy atom. The molecule has 2 aromatic carbocycles. The van der Waals surface area contributed by atoms with Gasteiger partial charge in [-0.2, -0.15) is 0 Å². The maximum Gasteiger partial charge on any atom is 0.326 e. The van der Waals surface area contributed by atoms with Crippen molar-refractivity contribution in [3.8, 4) is 0 Å². The van der Waals surface area contributed by atoms with Crippen molar-refractivity contribution in [2.45, 2.75) is 173 Å². The van der Waals surface area contributed by atoms with Gasteiger partial charge in [-0.3, -0.25) is 33.6 Å². The van der Waals surface area contributed by atoms with Crippen LogP contribution in [0.25, 0.3) is 0 Å². The fourth-order valence-corrected chi connectivity index (χ4v) is 7.30. The molecular formula is C48H71F2N7O10. The molecule has 2 rings (SSSR count). The van der Waals surface area contributed by atoms with E-state index >= 15 is 0 Å². The number of aliphatic carboxylic acids is 1. The molecule has 0 aromatic heterocycles. The number of nitrogens with two attached hydrogens (primary N) is 2. The van der Waals surface area contributed by atoms with Crippen LogP contribution in [0.2, 0.25) is 0 Å². The summed E-state index contributed by atoms with van der Waals surface area (Å²) in [6.07, 6.45) is 9.59. The minimum atomic E-state index is -1.36. The number of nitrogens with one attached hydrogen (secondary N) is 5. The molecule has 0 bridgehead atoms. The van der Waals surface area contributed by atoms with Crippen molar-refractivity contribution >= 4 is 47.3 Å². The summed E-state index contributed by atoms with van der Waals surface area (Å²) in [6, 6.07) is 5.50. The van der Waals surface area contributed by atoms with Crippen molar-refractivity contribution < 1.29 is 57.4 Å². The number of amides is 7. The van der Waals surface area contributed by atoms with E-state index < -0.39 is 108 Å². The zero-order valence-corrected chi connectivity index (χ0v) is 39.0. The lowest BCUT2D eigenvalue weighted by molar-refractivity contribution is -0.142. The van der Waals surface area contributed by atoms with E-state index in [-0.39, 0.29) is 31.2 Å². The summed E-state index contributed by atoms with van der Waals surface area (Å²) in [7, 11) is 0. The monoisotopic (exact) mass is 944 g/mol. The van der Waals surface area contributed by atoms with Gasteiger partial charge in [-0.15, -0.1) is 0 Å². The van der Waals surface area contributed by atoms with Crippen LogP contribution in [0.4, 0.5) is 8.78 Å². The average molecular weight is 944 g/mol. The highest BCUT2D eigenvalue weighted by atomic mass is 19.2. The number of benzene rings is 2. The molecule has 0 radical (unpaired) electrons. The molecule has 0 aliphatic heterocycles. The predicted molar refractivity (Wildman–Crippen MR) is 246 cm³/mol. The van der Waals surface area contributed by atoms with Crippen LogP contribution in [0.1, 0.15) is 135 Å². The Kier molecular flexibility index (Phi) is 26.5. The third-order valence-corrected chi connectivity index (χ3v) is 11.5. The van der Waals surface area contributed by atoms with E-state index in [1.54, 1.807) is 44.2 Å². The van der Waals surface area contributed by atoms with E-state index in [0.717, 1.165) is 76.3 Å². The third-order valence-electron chi connectivity index (χ3n) is 11.5. The van der Waals surface area contributed by atoms with Gasteiger partial charge in [0.15, 0.2) is 11.6 Å². The first-order valence-corrected chi connectivity index (χ1v) is 23.3. The van der Waals surface area contributed by atoms with Gasteiger partial charge in [0.05, 0.1) is 12.5 Å². The second-order valence-corrected chi connectivity index (χ2v) is 17.2. The lowest BCUT2D eigenvalue weighted by atomic mass is 9.96. The fraction of sp³-hybridized carbons (Fsp3) is 0.583. The number of aliphatic hydroxyl groups excluding tert-OH is 1. The normalized spacial score (nSPS) is 14.2. The van der Waals surface area contributed by atoms with E-state index in [1.165, 1.54) is 13.0 Å². The van der Waals surface area contributed by atoms with Gasteiger partial charge in [-0.25, -0.2) is 13.6 Å². The zero-order valence-electron chi connectivity index (χ0n) is 39.0. The summed E-state index contributed by atoms with van der Waals surface area (Å²) in [6.45, 7) is 4.82. The molecule has 0 heterocycles. The summed E-state index contributed by atoms with van der Waals surface area (Å²) in [5.41, 5.74) is 11.8. The molecule has 372 valence electrons. The number of halogens is 2. The molecule has 7 atom stereocenters. The van der Waals surface area contributed by atoms with E-state index in [9.17, 15) is 57.4 Å². The maximum absolute atomic E-state index is 13.8. The Hall–Kier alpha value is -5.98. The summed E-state index contributed by atoms with van der Waals surface area (Å²) in [4.78, 5) is 100. The van der Waals surface area contributed by atoms with Gasteiger partial charge in [0.1, 0.15) is 30.2 Å². The molecule has 7 amide bonds. The van der Waals surface area contributed by atoms with E-state index in [0.29, 0.717) is 24.8 Å². The Bertz CT molecular complexity index is 1920. The smallest absolute Gasteiger partial charge is 0.326 e. The maximum atomic E-state index is 13.8. The van der Waals surface area contributed by atoms with Gasteiger partial charge >= 0.3 is 5.97 Å². The molecule has 19 heteroatoms. The predicted octanol–water partition coefficient (Wildman–Crippen LogP) is 3.51. The third kappa shape index (κ3) is 22.9. The van der Waals surface area contributed by atoms with Crippen LogP contribution >= 0.6 is 0 Å². The number of hydrogen-bond acceptors (Lipinski definition) is 9. The molecule has 11 N–H and O–H groups in total. The van der Waals surface area contributed by atoms with Crippen molar-refractivity contribution in [2.75, 3.05) is 0 Å². The Labute approximate surface area is 391 Å². The van der Waals surface area contributed by atoms with Gasteiger partial charge in [0.25, 0.3) is 0 Å². The van der Waals surface area contributed by atoms with Gasteiger partial charge in [-0.05, 0) is 48.9 Å². The van der Waals surface area contributed by atoms with Crippen LogP contribution < -0.4 is 38.1 Å². The molecule has 0 aliphatic carbocycles. The summed E-state index contributed by atoms with van der Waals surface area (Å²) >= 11 is 0. The first-order valence-electron chi connectivity index (χ1n) is 23.3. The topological polar surface area (TPSA) is 289 Å². The van der Waals surface area contributed by atoms with Crippen LogP contribution in [-0.4, -0.2) is 93.8 Å². The highest BCUT2D eigenvalue weighted by Crippen LogP contribution is 2.16. The average Bonchev–Trinajstić information content (AvgIpc) is 3.27. The summed E-state index contributed by atoms with van der Waals surface area (Å²) in [5.74, 6) is -8.82. The highest BCUT2D eigenvalue weighted by Gasteiger charge is 2.34. The van der Waals surface area contributed by atoms with Crippen LogP contribution in [-0.2, 0) is 51.2 Å². The molecular weight excluding hydrogens is 873 g/mol. The van der Waals surface area contributed by atoms with Crippen molar-refractivity contribution in [3.05, 3.63) is 71.3 Å². The molecule has 67 heavy (non-hydrogen) atoms. The highest BCUT2D eigenvalue weighted by molar-refractivity contribution is 5.95. The SMILES string of the molecule is CC[C@H](C)[C@@H](NC(=O)[C@@H](NC(=O)CCCCCCCCCCCCCCC(=O)N[C@H](CC(=O)N[C@@H](Cc1ccccc1)C(=O)O)C(N)=O)[C@H](C)O)C(=O)N[C@@H](Cc1ccc(F)c(F)c1)C(N)=O. The quantitative estimate of drug-likeness (QED) is 0.0461. The lowest BCUT2D eigenvalue weighted by Gasteiger charge is -2.28. The number of hydrogen-bond donors (Lipinski definition) is 9. The second kappa shape index (κ2) is 31.1. The first kappa shape index (κ1) is 57.1. The number of rotatable bonds is 34. The van der Waals surface area contributed by atoms with Crippen LogP contribution in [0.5, 0.6) is 0 Å². The molecule has 0 unspecified atom stereocenters. The second-order valence-electron chi connectivity index (χ2n) is 17.2. The molecule has 0 spiro atoms. The number of carboxylic acids is 1. The van der Waals surface area contributed by atoms with E-state index in [2.05, 4.69) is 26.6 Å². The van der Waals surface area contributed by atoms with Crippen molar-refractivity contribution in [1.82, 2.24) is 26.6 Å². The zero-order chi connectivity index (χ0) is 49.9. The largest absolute Gasteiger partial charge is 0.480 e. The van der Waals surface area contributed by atoms with Crippen LogP contribution in [0.15, 0.2) is 48.5 Å². The van der Waals surface area contributed by atoms with Gasteiger partial charge in [0.2, 0.25) is 41.4 Å². The molecule has 0 fully saturated rings. The molecule has 0 saturated heterocycles. The van der Waals surface area contributed by atoms with Crippen molar-refractivity contribution in [2.24, 2.45) is 17.4 Å². The van der Waals surface area contributed by atoms with Gasteiger partial charge < -0.3 is 48.3 Å². The number of carbonyl (C=O) groups excluding carboxylic acids is 7. The summed E-state index contributed by atoms with van der Waals surface area (Å²) < 4.78 is 27.2. The number of unbranched alkanes of at least 4 members (excludes halogenated alkanes) is 11. The number of aliphatic hydroxyl groups is 1. The van der Waals surface area contributed by atoms with Gasteiger partial charge in [-0.1, -0.05) is 121 Å². The minimum Gasteiger partial charge on any atom is -0.480 e. The number of carbonyl (C=O) groups is 8. The Morgan fingerprint density at radius 1 is 0.552 bits per heavy atom. The first-order chi connectivity index (χ1) is 31.8. The molecule has 2 aromatic rings. The molecule has 0 aliphatic rings. The minimum absolute atomic E-state index is 0.0527. The number of carboxylic acid groups (broad SMARTS) is 1. The van der Waals surface area contributed by atoms with E-state index in [1.807, 2.05) is 0 Å². The Morgan fingerprint density at radius 3 is 1.51 bits per heavy atom. The number of primary amides is 2. The molecule has 17 nitrogen and oxygen atoms in total. The van der Waals surface area contributed by atoms with Crippen molar-refractivity contribution in [1.29, 1.82) is 0 Å². The fourth-order valence-electron chi connectivity index (χ4n) is 7.30. The lowest BCUT2D eigenvalue weighted by Crippen LogP contribution is -2.60. The van der Waals surface area contributed by atoms with Crippen LogP contribution in [0, 0.1) is 17.6 Å².